The molecule has 0 saturated carbocycles. The lowest BCUT2D eigenvalue weighted by Gasteiger charge is -2.25. The highest BCUT2D eigenvalue weighted by Crippen LogP contribution is 2.09. The Morgan fingerprint density at radius 3 is 2.62 bits per heavy atom. The second kappa shape index (κ2) is 4.51. The number of carbonyl (C=O) groups excluding carboxylic acids is 2. The van der Waals surface area contributed by atoms with Gasteiger partial charge in [-0.2, -0.15) is 0 Å². The zero-order valence-corrected chi connectivity index (χ0v) is 9.48. The van der Waals surface area contributed by atoms with Crippen molar-refractivity contribution in [3.8, 4) is 0 Å². The molecule has 16 heavy (non-hydrogen) atoms. The molecule has 1 fully saturated rings. The van der Waals surface area contributed by atoms with E-state index in [1.54, 1.807) is 4.90 Å². The molecule has 0 aliphatic carbocycles. The molecular weight excluding hydrogens is 204 g/mol. The van der Waals surface area contributed by atoms with Gasteiger partial charge in [-0.3, -0.25) is 9.59 Å². The lowest BCUT2D eigenvalue weighted by molar-refractivity contribution is -0.133. The highest BCUT2D eigenvalue weighted by molar-refractivity contribution is 5.84. The number of ketones is 1. The number of amides is 1. The molecule has 1 aliphatic rings. The quantitative estimate of drug-likeness (QED) is 0.738. The maximum atomic E-state index is 11.9. The van der Waals surface area contributed by atoms with E-state index >= 15 is 0 Å². The van der Waals surface area contributed by atoms with Crippen molar-refractivity contribution in [2.75, 3.05) is 13.1 Å². The van der Waals surface area contributed by atoms with Gasteiger partial charge >= 0.3 is 0 Å². The zero-order valence-electron chi connectivity index (χ0n) is 9.48. The first-order valence-corrected chi connectivity index (χ1v) is 5.55. The molecule has 0 radical (unpaired) electrons. The SMILES string of the molecule is Cn1ccc(CC(=O)N2CCC(=O)CC2)c1. The number of nitrogens with zero attached hydrogens (tertiary/aromatic N) is 2. The number of likely N-dealkylation sites (tertiary alicyclic amines) is 1. The van der Waals surface area contributed by atoms with Crippen molar-refractivity contribution in [2.24, 2.45) is 7.05 Å². The van der Waals surface area contributed by atoms with Crippen LogP contribution in [0.3, 0.4) is 0 Å². The molecule has 1 aliphatic heterocycles. The summed E-state index contributed by atoms with van der Waals surface area (Å²) in [5, 5.41) is 0. The van der Waals surface area contributed by atoms with E-state index in [-0.39, 0.29) is 11.7 Å². The van der Waals surface area contributed by atoms with Crippen LogP contribution in [0.4, 0.5) is 0 Å². The first-order valence-electron chi connectivity index (χ1n) is 5.55. The van der Waals surface area contributed by atoms with Crippen molar-refractivity contribution < 1.29 is 9.59 Å². The summed E-state index contributed by atoms with van der Waals surface area (Å²) in [4.78, 5) is 24.7. The van der Waals surface area contributed by atoms with Crippen molar-refractivity contribution in [2.45, 2.75) is 19.3 Å². The normalized spacial score (nSPS) is 16.6. The van der Waals surface area contributed by atoms with Gasteiger partial charge in [0.15, 0.2) is 0 Å². The summed E-state index contributed by atoms with van der Waals surface area (Å²) < 4.78 is 1.93. The highest BCUT2D eigenvalue weighted by atomic mass is 16.2. The van der Waals surface area contributed by atoms with Crippen LogP contribution >= 0.6 is 0 Å². The van der Waals surface area contributed by atoms with Gasteiger partial charge in [-0.15, -0.1) is 0 Å². The number of Topliss-reactive ketones (excluding diaryl/α,β-unsaturated/α-hetero) is 1. The molecule has 1 aromatic rings. The minimum Gasteiger partial charge on any atom is -0.357 e. The predicted molar refractivity (Wildman–Crippen MR) is 59.9 cm³/mol. The van der Waals surface area contributed by atoms with Crippen LogP contribution in [0.1, 0.15) is 18.4 Å². The number of carbonyl (C=O) groups is 2. The van der Waals surface area contributed by atoms with Crippen molar-refractivity contribution in [3.05, 3.63) is 24.0 Å². The molecule has 4 nitrogen and oxygen atoms in total. The predicted octanol–water partition coefficient (Wildman–Crippen LogP) is 0.759. The van der Waals surface area contributed by atoms with Gasteiger partial charge in [0.1, 0.15) is 5.78 Å². The van der Waals surface area contributed by atoms with E-state index in [9.17, 15) is 9.59 Å². The molecule has 2 heterocycles. The summed E-state index contributed by atoms with van der Waals surface area (Å²) in [6.07, 6.45) is 5.35. The number of piperidine rings is 1. The topological polar surface area (TPSA) is 42.3 Å². The standard InChI is InChI=1S/C12H16N2O2/c1-13-5-2-10(9-13)8-12(16)14-6-3-11(15)4-7-14/h2,5,9H,3-4,6-8H2,1H3. The van der Waals surface area contributed by atoms with Crippen molar-refractivity contribution in [1.29, 1.82) is 0 Å². The molecule has 0 aromatic carbocycles. The van der Waals surface area contributed by atoms with Crippen molar-refractivity contribution >= 4 is 11.7 Å². The summed E-state index contributed by atoms with van der Waals surface area (Å²) in [7, 11) is 1.94. The third-order valence-electron chi connectivity index (χ3n) is 2.92. The van der Waals surface area contributed by atoms with E-state index < -0.39 is 0 Å². The molecule has 0 bridgehead atoms. The Morgan fingerprint density at radius 2 is 2.06 bits per heavy atom. The molecule has 2 rings (SSSR count). The summed E-state index contributed by atoms with van der Waals surface area (Å²) in [6.45, 7) is 1.18. The fourth-order valence-electron chi connectivity index (χ4n) is 1.96. The molecule has 4 heteroatoms. The molecule has 0 atom stereocenters. The molecule has 0 N–H and O–H groups in total. The molecule has 0 unspecified atom stereocenters. The van der Waals surface area contributed by atoms with Crippen LogP contribution in [-0.4, -0.2) is 34.2 Å². The maximum absolute atomic E-state index is 11.9. The van der Waals surface area contributed by atoms with E-state index in [4.69, 9.17) is 0 Å². The van der Waals surface area contributed by atoms with E-state index in [2.05, 4.69) is 0 Å². The molecule has 86 valence electrons. The van der Waals surface area contributed by atoms with Crippen LogP contribution in [0.25, 0.3) is 0 Å². The van der Waals surface area contributed by atoms with Gasteiger partial charge in [0, 0.05) is 45.4 Å². The Bertz CT molecular complexity index is 399. The average molecular weight is 220 g/mol. The molecule has 0 spiro atoms. The number of aryl methyl sites for hydroxylation is 1. The smallest absolute Gasteiger partial charge is 0.227 e. The molecule has 1 amide bonds. The molecular formula is C12H16N2O2. The first-order chi connectivity index (χ1) is 7.65. The highest BCUT2D eigenvalue weighted by Gasteiger charge is 2.20. The fourth-order valence-corrected chi connectivity index (χ4v) is 1.96. The summed E-state index contributed by atoms with van der Waals surface area (Å²) in [5.41, 5.74) is 1.03. The Balaban J connectivity index is 1.91. The second-order valence-corrected chi connectivity index (χ2v) is 4.28. The van der Waals surface area contributed by atoms with Gasteiger partial charge in [0.25, 0.3) is 0 Å². The van der Waals surface area contributed by atoms with Gasteiger partial charge in [-0.25, -0.2) is 0 Å². The summed E-state index contributed by atoms with van der Waals surface area (Å²) in [6, 6.07) is 1.95. The third kappa shape index (κ3) is 2.51. The first kappa shape index (κ1) is 10.9. The third-order valence-corrected chi connectivity index (χ3v) is 2.92. The largest absolute Gasteiger partial charge is 0.357 e. The fraction of sp³-hybridized carbons (Fsp3) is 0.500. The minimum atomic E-state index is 0.124. The summed E-state index contributed by atoms with van der Waals surface area (Å²) in [5.74, 6) is 0.391. The monoisotopic (exact) mass is 220 g/mol. The minimum absolute atomic E-state index is 0.124. The van der Waals surface area contributed by atoms with Crippen molar-refractivity contribution in [3.63, 3.8) is 0 Å². The van der Waals surface area contributed by atoms with Gasteiger partial charge < -0.3 is 9.47 Å². The molecule has 1 saturated heterocycles. The van der Waals surface area contributed by atoms with Crippen LogP contribution < -0.4 is 0 Å². The number of rotatable bonds is 2. The number of hydrogen-bond acceptors (Lipinski definition) is 2. The Labute approximate surface area is 94.8 Å². The van der Waals surface area contributed by atoms with Crippen LogP contribution in [0.2, 0.25) is 0 Å². The van der Waals surface area contributed by atoms with Crippen molar-refractivity contribution in [1.82, 2.24) is 9.47 Å². The zero-order chi connectivity index (χ0) is 11.5. The average Bonchev–Trinajstić information content (AvgIpc) is 2.65. The number of aromatic nitrogens is 1. The van der Waals surface area contributed by atoms with E-state index in [1.165, 1.54) is 0 Å². The van der Waals surface area contributed by atoms with Gasteiger partial charge in [0.2, 0.25) is 5.91 Å². The van der Waals surface area contributed by atoms with Crippen LogP contribution in [0.5, 0.6) is 0 Å². The Hall–Kier alpha value is -1.58. The van der Waals surface area contributed by atoms with E-state index in [0.717, 1.165) is 5.56 Å². The molecule has 1 aromatic heterocycles. The lowest BCUT2D eigenvalue weighted by Crippen LogP contribution is -2.39. The van der Waals surface area contributed by atoms with E-state index in [0.29, 0.717) is 32.4 Å². The maximum Gasteiger partial charge on any atom is 0.227 e. The van der Waals surface area contributed by atoms with Gasteiger partial charge in [-0.05, 0) is 11.6 Å². The van der Waals surface area contributed by atoms with Crippen LogP contribution in [-0.2, 0) is 23.1 Å². The van der Waals surface area contributed by atoms with Gasteiger partial charge in [-0.1, -0.05) is 0 Å². The Morgan fingerprint density at radius 1 is 1.38 bits per heavy atom. The lowest BCUT2D eigenvalue weighted by atomic mass is 10.1. The Kier molecular flexibility index (Phi) is 3.08. The van der Waals surface area contributed by atoms with Gasteiger partial charge in [0.05, 0.1) is 6.42 Å². The van der Waals surface area contributed by atoms with Crippen LogP contribution in [0, 0.1) is 0 Å². The van der Waals surface area contributed by atoms with Crippen LogP contribution in [0.15, 0.2) is 18.5 Å². The number of hydrogen-bond donors (Lipinski definition) is 0. The van der Waals surface area contributed by atoms with E-state index in [1.807, 2.05) is 30.1 Å². The summed E-state index contributed by atoms with van der Waals surface area (Å²) >= 11 is 0. The second-order valence-electron chi connectivity index (χ2n) is 4.28.